The molecule has 0 aliphatic rings. The molecular weight excluding hydrogens is 350 g/mol. The lowest BCUT2D eigenvalue weighted by Crippen LogP contribution is -2.19. The van der Waals surface area contributed by atoms with Gasteiger partial charge in [-0.25, -0.2) is 5.43 Å². The summed E-state index contributed by atoms with van der Waals surface area (Å²) in [6, 6.07) is 24.8. The van der Waals surface area contributed by atoms with E-state index in [2.05, 4.69) is 28.0 Å². The second-order valence-corrected chi connectivity index (χ2v) is 6.34. The van der Waals surface area contributed by atoms with E-state index < -0.39 is 0 Å². The summed E-state index contributed by atoms with van der Waals surface area (Å²) in [4.78, 5) is 23.3. The van der Waals surface area contributed by atoms with E-state index in [9.17, 15) is 9.59 Å². The lowest BCUT2D eigenvalue weighted by molar-refractivity contribution is -0.114. The maximum Gasteiger partial charge on any atom is 0.271 e. The zero-order valence-corrected chi connectivity index (χ0v) is 15.8. The number of nitrogens with zero attached hydrogens (tertiary/aromatic N) is 1. The number of anilines is 1. The summed E-state index contributed by atoms with van der Waals surface area (Å²) in [5, 5.41) is 6.85. The monoisotopic (exact) mass is 371 g/mol. The van der Waals surface area contributed by atoms with Crippen LogP contribution in [0.5, 0.6) is 0 Å². The van der Waals surface area contributed by atoms with E-state index in [0.717, 1.165) is 16.7 Å². The maximum atomic E-state index is 12.2. The Labute approximate surface area is 164 Å². The first-order chi connectivity index (χ1) is 13.5. The summed E-state index contributed by atoms with van der Waals surface area (Å²) >= 11 is 0. The Balaban J connectivity index is 1.65. The van der Waals surface area contributed by atoms with E-state index in [1.54, 1.807) is 24.3 Å². The molecule has 28 heavy (non-hydrogen) atoms. The Morgan fingerprint density at radius 2 is 1.29 bits per heavy atom. The van der Waals surface area contributed by atoms with Crippen LogP contribution in [-0.2, 0) is 4.79 Å². The highest BCUT2D eigenvalue weighted by molar-refractivity contribution is 6.01. The molecule has 5 nitrogen and oxygen atoms in total. The lowest BCUT2D eigenvalue weighted by atomic mass is 10.0. The van der Waals surface area contributed by atoms with E-state index in [1.165, 1.54) is 6.92 Å². The van der Waals surface area contributed by atoms with Gasteiger partial charge in [0.15, 0.2) is 0 Å². The molecule has 0 fully saturated rings. The van der Waals surface area contributed by atoms with Crippen molar-refractivity contribution >= 4 is 23.2 Å². The first-order valence-electron chi connectivity index (χ1n) is 8.91. The molecule has 0 bridgehead atoms. The van der Waals surface area contributed by atoms with Gasteiger partial charge >= 0.3 is 0 Å². The second-order valence-electron chi connectivity index (χ2n) is 6.34. The normalized spacial score (nSPS) is 11.0. The number of carbonyl (C=O) groups is 2. The van der Waals surface area contributed by atoms with Crippen LogP contribution in [-0.4, -0.2) is 17.5 Å². The van der Waals surface area contributed by atoms with Crippen LogP contribution in [0, 0.1) is 0 Å². The van der Waals surface area contributed by atoms with Crippen molar-refractivity contribution < 1.29 is 9.59 Å². The SMILES string of the molecule is CC(=O)Nc1ccc(C(=O)N/N=C(/C)c2ccc(-c3ccccc3)cc2)cc1. The number of rotatable bonds is 5. The predicted octanol–water partition coefficient (Wildman–Crippen LogP) is 4.47. The van der Waals surface area contributed by atoms with Gasteiger partial charge in [-0.2, -0.15) is 5.10 Å². The highest BCUT2D eigenvalue weighted by atomic mass is 16.2. The summed E-state index contributed by atoms with van der Waals surface area (Å²) in [5.41, 5.74) is 7.59. The fourth-order valence-corrected chi connectivity index (χ4v) is 2.71. The van der Waals surface area contributed by atoms with Gasteiger partial charge in [-0.1, -0.05) is 54.6 Å². The molecule has 0 aromatic heterocycles. The molecule has 3 rings (SSSR count). The Morgan fingerprint density at radius 1 is 0.714 bits per heavy atom. The third-order valence-corrected chi connectivity index (χ3v) is 4.20. The van der Waals surface area contributed by atoms with Crippen LogP contribution in [0.2, 0.25) is 0 Å². The summed E-state index contributed by atoms with van der Waals surface area (Å²) in [7, 11) is 0. The minimum absolute atomic E-state index is 0.157. The number of hydrogen-bond donors (Lipinski definition) is 2. The number of amides is 2. The fourth-order valence-electron chi connectivity index (χ4n) is 2.71. The van der Waals surface area contributed by atoms with Gasteiger partial charge in [0.1, 0.15) is 0 Å². The van der Waals surface area contributed by atoms with Crippen molar-refractivity contribution in [3.63, 3.8) is 0 Å². The second kappa shape index (κ2) is 8.77. The van der Waals surface area contributed by atoms with E-state index in [1.807, 2.05) is 49.4 Å². The molecule has 0 heterocycles. The van der Waals surface area contributed by atoms with E-state index in [-0.39, 0.29) is 11.8 Å². The molecule has 0 radical (unpaired) electrons. The van der Waals surface area contributed by atoms with Gasteiger partial charge in [-0.05, 0) is 47.9 Å². The van der Waals surface area contributed by atoms with Crippen LogP contribution < -0.4 is 10.7 Å². The van der Waals surface area contributed by atoms with Gasteiger partial charge in [-0.15, -0.1) is 0 Å². The average Bonchev–Trinajstić information content (AvgIpc) is 2.72. The summed E-state index contributed by atoms with van der Waals surface area (Å²) < 4.78 is 0. The third kappa shape index (κ3) is 4.92. The lowest BCUT2D eigenvalue weighted by Gasteiger charge is -2.06. The van der Waals surface area contributed by atoms with Crippen LogP contribution in [0.15, 0.2) is 84.0 Å². The van der Waals surface area contributed by atoms with Gasteiger partial charge in [0.05, 0.1) is 5.71 Å². The van der Waals surface area contributed by atoms with Crippen LogP contribution in [0.3, 0.4) is 0 Å². The topological polar surface area (TPSA) is 70.6 Å². The van der Waals surface area contributed by atoms with Crippen molar-refractivity contribution in [2.45, 2.75) is 13.8 Å². The number of hydrogen-bond acceptors (Lipinski definition) is 3. The summed E-state index contributed by atoms with van der Waals surface area (Å²) in [5.74, 6) is -0.467. The molecule has 3 aromatic rings. The first kappa shape index (κ1) is 19.0. The predicted molar refractivity (Wildman–Crippen MR) is 112 cm³/mol. The molecule has 0 aliphatic heterocycles. The zero-order valence-electron chi connectivity index (χ0n) is 15.8. The fraction of sp³-hybridized carbons (Fsp3) is 0.0870. The molecule has 0 spiro atoms. The molecule has 5 heteroatoms. The van der Waals surface area contributed by atoms with Gasteiger partial charge in [0.2, 0.25) is 5.91 Å². The molecule has 0 saturated carbocycles. The number of benzene rings is 3. The molecule has 0 atom stereocenters. The van der Waals surface area contributed by atoms with Gasteiger partial charge in [0.25, 0.3) is 5.91 Å². The maximum absolute atomic E-state index is 12.2. The van der Waals surface area contributed by atoms with Crippen LogP contribution in [0.25, 0.3) is 11.1 Å². The number of hydrazone groups is 1. The average molecular weight is 371 g/mol. The van der Waals surface area contributed by atoms with Crippen molar-refractivity contribution in [1.29, 1.82) is 0 Å². The van der Waals surface area contributed by atoms with Crippen LogP contribution >= 0.6 is 0 Å². The van der Waals surface area contributed by atoms with Crippen molar-refractivity contribution in [3.05, 3.63) is 90.0 Å². The molecule has 0 saturated heterocycles. The standard InChI is InChI=1S/C23H21N3O2/c1-16(18-8-10-20(11-9-18)19-6-4-3-5-7-19)25-26-23(28)21-12-14-22(15-13-21)24-17(2)27/h3-15H,1-2H3,(H,24,27)(H,26,28)/b25-16-. The number of carbonyl (C=O) groups excluding carboxylic acids is 2. The smallest absolute Gasteiger partial charge is 0.271 e. The van der Waals surface area contributed by atoms with Crippen LogP contribution in [0.1, 0.15) is 29.8 Å². The minimum atomic E-state index is -0.311. The number of nitrogens with one attached hydrogen (secondary N) is 2. The molecule has 3 aromatic carbocycles. The van der Waals surface area contributed by atoms with Crippen molar-refractivity contribution in [2.24, 2.45) is 5.10 Å². The Morgan fingerprint density at radius 3 is 1.89 bits per heavy atom. The Kier molecular flexibility index (Phi) is 5.97. The molecule has 0 unspecified atom stereocenters. The van der Waals surface area contributed by atoms with Gasteiger partial charge in [-0.3, -0.25) is 9.59 Å². The van der Waals surface area contributed by atoms with E-state index >= 15 is 0 Å². The largest absolute Gasteiger partial charge is 0.326 e. The first-order valence-corrected chi connectivity index (χ1v) is 8.91. The molecule has 2 amide bonds. The molecule has 0 aliphatic carbocycles. The third-order valence-electron chi connectivity index (χ3n) is 4.20. The Hall–Kier alpha value is -3.73. The van der Waals surface area contributed by atoms with Crippen molar-refractivity contribution in [1.82, 2.24) is 5.43 Å². The van der Waals surface area contributed by atoms with Gasteiger partial charge in [0, 0.05) is 18.2 Å². The summed E-state index contributed by atoms with van der Waals surface area (Å²) in [6.45, 7) is 3.28. The molecule has 140 valence electrons. The zero-order chi connectivity index (χ0) is 19.9. The quantitative estimate of drug-likeness (QED) is 0.513. The van der Waals surface area contributed by atoms with Crippen LogP contribution in [0.4, 0.5) is 5.69 Å². The molecule has 2 N–H and O–H groups in total. The van der Waals surface area contributed by atoms with E-state index in [0.29, 0.717) is 17.0 Å². The highest BCUT2D eigenvalue weighted by Crippen LogP contribution is 2.19. The van der Waals surface area contributed by atoms with Gasteiger partial charge < -0.3 is 5.32 Å². The summed E-state index contributed by atoms with van der Waals surface area (Å²) in [6.07, 6.45) is 0. The molecular formula is C23H21N3O2. The van der Waals surface area contributed by atoms with Crippen molar-refractivity contribution in [3.8, 4) is 11.1 Å². The van der Waals surface area contributed by atoms with Crippen molar-refractivity contribution in [2.75, 3.05) is 5.32 Å². The minimum Gasteiger partial charge on any atom is -0.326 e. The highest BCUT2D eigenvalue weighted by Gasteiger charge is 2.06. The van der Waals surface area contributed by atoms with E-state index in [4.69, 9.17) is 0 Å². The Bertz CT molecular complexity index is 992.